The van der Waals surface area contributed by atoms with Crippen molar-refractivity contribution in [3.63, 3.8) is 0 Å². The maximum absolute atomic E-state index is 4.98. The van der Waals surface area contributed by atoms with Gasteiger partial charge in [0.25, 0.3) is 0 Å². The van der Waals surface area contributed by atoms with Crippen molar-refractivity contribution in [1.82, 2.24) is 19.1 Å². The summed E-state index contributed by atoms with van der Waals surface area (Å²) >= 11 is 1.88. The lowest BCUT2D eigenvalue weighted by atomic mass is 9.81. The summed E-state index contributed by atoms with van der Waals surface area (Å²) in [4.78, 5) is 9.60. The van der Waals surface area contributed by atoms with E-state index in [2.05, 4.69) is 301 Å². The Morgan fingerprint density at radius 3 is 1.43 bits per heavy atom. The molecule has 5 heteroatoms. The molecule has 0 saturated heterocycles. The van der Waals surface area contributed by atoms with Crippen LogP contribution in [0.25, 0.3) is 142 Å². The molecule has 0 amide bonds. The predicted octanol–water partition coefficient (Wildman–Crippen LogP) is 21.4. The predicted molar refractivity (Wildman–Crippen MR) is 355 cm³/mol. The number of nitrogens with zero attached hydrogens (tertiary/aromatic N) is 4. The normalized spacial score (nSPS) is 12.5. The summed E-state index contributed by atoms with van der Waals surface area (Å²) in [5.41, 5.74) is 23.1. The van der Waals surface area contributed by atoms with Crippen LogP contribution in [0.5, 0.6) is 0 Å². The molecular weight excluding hydrogens is 1040 g/mol. The lowest BCUT2D eigenvalue weighted by molar-refractivity contribution is 0.660. The Bertz CT molecular complexity index is 5110. The van der Waals surface area contributed by atoms with Gasteiger partial charge in [-0.1, -0.05) is 202 Å². The summed E-state index contributed by atoms with van der Waals surface area (Å²) in [6.07, 6.45) is 1.85. The average Bonchev–Trinajstić information content (AvgIpc) is 2.34. The molecule has 0 atom stereocenters. The van der Waals surface area contributed by atoms with Crippen LogP contribution in [-0.2, 0) is 5.41 Å². The first kappa shape index (κ1) is 49.4. The topological polar surface area (TPSA) is 35.6 Å². The van der Waals surface area contributed by atoms with E-state index in [1.165, 1.54) is 120 Å². The van der Waals surface area contributed by atoms with E-state index in [-0.39, 0.29) is 5.41 Å². The van der Waals surface area contributed by atoms with Gasteiger partial charge in [-0.15, -0.1) is 11.3 Å². The van der Waals surface area contributed by atoms with E-state index in [0.29, 0.717) is 5.82 Å². The highest BCUT2D eigenvalue weighted by Crippen LogP contribution is 2.50. The van der Waals surface area contributed by atoms with Crippen molar-refractivity contribution in [2.24, 2.45) is 0 Å². The van der Waals surface area contributed by atoms with E-state index >= 15 is 0 Å². The van der Waals surface area contributed by atoms with E-state index in [9.17, 15) is 0 Å². The molecule has 396 valence electrons. The molecule has 0 radical (unpaired) electrons. The van der Waals surface area contributed by atoms with E-state index in [4.69, 9.17) is 4.98 Å². The number of fused-ring (bicyclic) bond motifs is 12. The van der Waals surface area contributed by atoms with Gasteiger partial charge in [-0.3, -0.25) is 0 Å². The number of benzene rings is 12. The Morgan fingerprint density at radius 2 is 0.762 bits per heavy atom. The van der Waals surface area contributed by atoms with E-state index < -0.39 is 0 Å². The zero-order valence-corrected chi connectivity index (χ0v) is 47.2. The quantitative estimate of drug-likeness (QED) is 0.159. The highest BCUT2D eigenvalue weighted by Gasteiger charge is 2.35. The van der Waals surface area contributed by atoms with E-state index in [1.54, 1.807) is 0 Å². The monoisotopic (exact) mass is 1090 g/mol. The van der Waals surface area contributed by atoms with Gasteiger partial charge in [-0.05, 0) is 153 Å². The Morgan fingerprint density at radius 1 is 0.310 bits per heavy atom. The second-order valence-electron chi connectivity index (χ2n) is 22.5. The van der Waals surface area contributed by atoms with Crippen LogP contribution in [0.2, 0.25) is 0 Å². The fourth-order valence-corrected chi connectivity index (χ4v) is 14.2. The molecule has 0 unspecified atom stereocenters. The third-order valence-corrected chi connectivity index (χ3v) is 18.5. The highest BCUT2D eigenvalue weighted by atomic mass is 32.1. The van der Waals surface area contributed by atoms with Gasteiger partial charge in [0, 0.05) is 75.8 Å². The number of aromatic nitrogens is 4. The van der Waals surface area contributed by atoms with Crippen molar-refractivity contribution >= 4 is 75.1 Å². The summed E-state index contributed by atoms with van der Waals surface area (Å²) < 4.78 is 7.39. The fraction of sp³-hybridized carbons (Fsp3) is 0.0380. The van der Waals surface area contributed by atoms with Crippen molar-refractivity contribution in [2.75, 3.05) is 0 Å². The lowest BCUT2D eigenvalue weighted by Gasteiger charge is -2.22. The molecule has 0 spiro atoms. The zero-order valence-electron chi connectivity index (χ0n) is 46.4. The van der Waals surface area contributed by atoms with Crippen LogP contribution in [-0.4, -0.2) is 19.1 Å². The van der Waals surface area contributed by atoms with Gasteiger partial charge in [0.1, 0.15) is 0 Å². The molecule has 84 heavy (non-hydrogen) atoms. The number of para-hydroxylation sites is 4. The van der Waals surface area contributed by atoms with Crippen LogP contribution in [0, 0.1) is 0 Å². The molecule has 16 aromatic rings. The van der Waals surface area contributed by atoms with Gasteiger partial charge in [-0.25, -0.2) is 9.97 Å². The molecule has 4 nitrogen and oxygen atoms in total. The molecular formula is C79H54N4S. The van der Waals surface area contributed by atoms with Gasteiger partial charge in [0.15, 0.2) is 5.82 Å². The van der Waals surface area contributed by atoms with Crippen LogP contribution in [0.1, 0.15) is 25.0 Å². The molecule has 0 bridgehead atoms. The lowest BCUT2D eigenvalue weighted by Crippen LogP contribution is -2.14. The van der Waals surface area contributed by atoms with Crippen molar-refractivity contribution in [3.05, 3.63) is 302 Å². The molecule has 12 aromatic carbocycles. The van der Waals surface area contributed by atoms with Crippen LogP contribution in [0.4, 0.5) is 0 Å². The van der Waals surface area contributed by atoms with E-state index in [0.717, 1.165) is 28.1 Å². The van der Waals surface area contributed by atoms with Crippen molar-refractivity contribution in [3.8, 4) is 78.5 Å². The van der Waals surface area contributed by atoms with Gasteiger partial charge in [0.2, 0.25) is 0 Å². The third kappa shape index (κ3) is 8.26. The fourth-order valence-electron chi connectivity index (χ4n) is 13.1. The van der Waals surface area contributed by atoms with Crippen LogP contribution in [0.3, 0.4) is 0 Å². The van der Waals surface area contributed by atoms with Gasteiger partial charge in [0.05, 0.1) is 27.8 Å². The highest BCUT2D eigenvalue weighted by molar-refractivity contribution is 7.25. The number of hydrogen-bond donors (Lipinski definition) is 0. The second-order valence-corrected chi connectivity index (χ2v) is 23.6. The minimum Gasteiger partial charge on any atom is -0.309 e. The first-order valence-corrected chi connectivity index (χ1v) is 29.6. The minimum atomic E-state index is -0.00166. The van der Waals surface area contributed by atoms with Gasteiger partial charge in [-0.2, -0.15) is 0 Å². The smallest absolute Gasteiger partial charge is 0.159 e. The summed E-state index contributed by atoms with van der Waals surface area (Å²) in [6, 6.07) is 103. The SMILES string of the molecule is CC1(C)c2ccccc2-c2ccc(-c3ccc4sc5ccc(-n6c7ccccc7c7ccccc76)cc5c4c3)cc21.c1ccc(-c2ccc(-c3cccc(-c4ccnc(-c5ccc(-n6c7ccccc7c7ccccc76)cc5)n4)c3)cc2)cc1. The molecule has 0 N–H and O–H groups in total. The van der Waals surface area contributed by atoms with Gasteiger partial charge >= 0.3 is 0 Å². The Hall–Kier alpha value is -10.5. The Balaban J connectivity index is 0.000000137. The molecule has 0 aliphatic heterocycles. The largest absolute Gasteiger partial charge is 0.309 e. The molecule has 4 heterocycles. The number of rotatable bonds is 7. The molecule has 4 aromatic heterocycles. The minimum absolute atomic E-state index is 0.00166. The summed E-state index contributed by atoms with van der Waals surface area (Å²) in [6.45, 7) is 4.71. The first-order valence-electron chi connectivity index (χ1n) is 28.8. The number of thiophene rings is 1. The van der Waals surface area contributed by atoms with E-state index in [1.807, 2.05) is 29.7 Å². The standard InChI is InChI=1S/C40H27N3.C39H27NS/c1-2-9-28(10-3-1)29-17-19-30(20-18-29)32-11-8-12-33(27-32)37-25-26-41-40(42-37)31-21-23-34(24-22-31)43-38-15-6-4-13-35(38)36-14-5-7-16-39(36)43;1-39(2)33-12-6-3-9-27(33)28-18-15-25(22-34(28)39)24-16-19-37-31(21-24)32-23-26(17-20-38(32)41-37)40-35-13-7-4-10-29(35)30-11-5-8-14-36(30)40/h1-27H;3-23H,1-2H3. The third-order valence-electron chi connectivity index (χ3n) is 17.3. The molecule has 0 saturated carbocycles. The molecule has 1 aliphatic rings. The van der Waals surface area contributed by atoms with Crippen molar-refractivity contribution in [2.45, 2.75) is 19.3 Å². The average molecular weight is 1090 g/mol. The molecule has 0 fully saturated rings. The maximum atomic E-state index is 4.98. The maximum Gasteiger partial charge on any atom is 0.159 e. The summed E-state index contributed by atoms with van der Waals surface area (Å²) in [7, 11) is 0. The van der Waals surface area contributed by atoms with Crippen molar-refractivity contribution < 1.29 is 0 Å². The van der Waals surface area contributed by atoms with Crippen LogP contribution < -0.4 is 0 Å². The zero-order chi connectivity index (χ0) is 55.9. The Labute approximate surface area is 491 Å². The summed E-state index contributed by atoms with van der Waals surface area (Å²) in [5, 5.41) is 7.75. The van der Waals surface area contributed by atoms with Crippen molar-refractivity contribution in [1.29, 1.82) is 0 Å². The Kier molecular flexibility index (Phi) is 11.7. The molecule has 17 rings (SSSR count). The summed E-state index contributed by atoms with van der Waals surface area (Å²) in [5.74, 6) is 0.712. The first-order chi connectivity index (χ1) is 41.4. The van der Waals surface area contributed by atoms with Gasteiger partial charge < -0.3 is 9.13 Å². The van der Waals surface area contributed by atoms with Crippen LogP contribution in [0.15, 0.2) is 291 Å². The number of hydrogen-bond acceptors (Lipinski definition) is 3. The molecule has 1 aliphatic carbocycles. The second kappa shape index (κ2) is 19.9. The van der Waals surface area contributed by atoms with Crippen LogP contribution >= 0.6 is 11.3 Å².